The van der Waals surface area contributed by atoms with Crippen LogP contribution in [0.15, 0.2) is 142 Å². The monoisotopic (exact) mass is 973 g/mol. The fraction of sp³-hybridized carbons (Fsp3) is 0.174. The molecule has 9 aromatic heterocycles. The molecule has 332 valence electrons. The van der Waals surface area contributed by atoms with E-state index in [-0.39, 0.29) is 17.7 Å². The summed E-state index contributed by atoms with van der Waals surface area (Å²) in [5.74, 6) is 0.712. The normalized spacial score (nSPS) is 11.3. The van der Waals surface area contributed by atoms with Gasteiger partial charge in [-0.3, -0.25) is 23.8 Å². The van der Waals surface area contributed by atoms with E-state index in [9.17, 15) is 14.4 Å². The van der Waals surface area contributed by atoms with E-state index in [0.29, 0.717) is 21.4 Å². The van der Waals surface area contributed by atoms with Gasteiger partial charge in [-0.25, -0.2) is 19.9 Å². The number of carbonyl (C=O) groups excluding carboxylic acids is 1. The zero-order valence-corrected chi connectivity index (χ0v) is 39.4. The molecule has 16 nitrogen and oxygen atoms in total. The molecule has 65 heavy (non-hydrogen) atoms. The molecule has 0 saturated heterocycles. The minimum atomic E-state index is -0.156. The highest BCUT2D eigenvalue weighted by atomic mass is 79.9. The molecule has 4 N–H and O–H groups in total. The number of alkyl halides is 1. The summed E-state index contributed by atoms with van der Waals surface area (Å²) in [6.45, 7) is 13.2. The minimum Gasteiger partial charge on any atom is -0.390 e. The molecule has 0 radical (unpaired) electrons. The summed E-state index contributed by atoms with van der Waals surface area (Å²) >= 11 is 9.59. The number of rotatable bonds is 6. The fourth-order valence-corrected chi connectivity index (χ4v) is 8.41. The number of hydrogen-bond acceptors (Lipinski definition) is 11. The van der Waals surface area contributed by atoms with Crippen molar-refractivity contribution in [2.24, 2.45) is 4.99 Å². The van der Waals surface area contributed by atoms with Crippen LogP contribution in [0.5, 0.6) is 0 Å². The van der Waals surface area contributed by atoms with Crippen LogP contribution in [0.2, 0.25) is 0 Å². The third kappa shape index (κ3) is 12.0. The Morgan fingerprint density at radius 1 is 0.754 bits per heavy atom. The second-order valence-electron chi connectivity index (χ2n) is 14.3. The van der Waals surface area contributed by atoms with Crippen LogP contribution in [-0.2, 0) is 12.4 Å². The van der Waals surface area contributed by atoms with Crippen LogP contribution in [0.3, 0.4) is 0 Å². The third-order valence-electron chi connectivity index (χ3n) is 9.60. The molecular weight excluding hydrogens is 929 g/mol. The van der Waals surface area contributed by atoms with Gasteiger partial charge in [-0.2, -0.15) is 4.24 Å². The van der Waals surface area contributed by atoms with Crippen LogP contribution in [0, 0.1) is 45.1 Å². The van der Waals surface area contributed by atoms with Crippen molar-refractivity contribution in [1.29, 1.82) is 0 Å². The lowest BCUT2D eigenvalue weighted by Gasteiger charge is -2.03. The standard InChI is InChI=1S/C14H14N4OS.C9H8BrN2.C9H10N2O.C9H8N2O.C5H6N2OS/c1-9-7-13(19)17-14(15-9)20-8-11-10(2)16-12-5-3-4-6-18(11)12;1-7-8(6-10)12-5-3-2-4-9(12)11-7;2*1-7-8(6-12)11-5-3-2-4-9(11)10-7;1-3-2-4(8)7-5(9)6-3/h3-7H,8H2,1-2H3,(H,15,17,19);2-5H,1,6H2;2-5,12H,6H2,1H3;2-6H,1H3;2H,1H3,(H2,6,7,8,9)/q;+1;;;. The predicted octanol–water partition coefficient (Wildman–Crippen LogP) is 6.55. The van der Waals surface area contributed by atoms with Gasteiger partial charge in [0.1, 0.15) is 22.6 Å². The maximum absolute atomic E-state index is 11.4. The summed E-state index contributed by atoms with van der Waals surface area (Å²) in [5.41, 5.74) is 12.1. The van der Waals surface area contributed by atoms with Crippen molar-refractivity contribution in [2.75, 3.05) is 5.33 Å². The van der Waals surface area contributed by atoms with Gasteiger partial charge in [0.15, 0.2) is 21.9 Å². The molecule has 19 heteroatoms. The molecule has 0 unspecified atom stereocenters. The van der Waals surface area contributed by atoms with Gasteiger partial charge in [0, 0.05) is 53.9 Å². The number of thioether (sulfide) groups is 1. The van der Waals surface area contributed by atoms with E-state index >= 15 is 0 Å². The van der Waals surface area contributed by atoms with Gasteiger partial charge in [-0.05, 0) is 101 Å². The van der Waals surface area contributed by atoms with Gasteiger partial charge in [0.2, 0.25) is 5.70 Å². The summed E-state index contributed by atoms with van der Waals surface area (Å²) in [5, 5.41) is 10.5. The number of fused-ring (bicyclic) bond motifs is 4. The number of hydrogen-bond donors (Lipinski definition) is 4. The Bertz CT molecular complexity index is 3430. The number of nitrogens with zero attached hydrogens (tertiary/aromatic N) is 9. The van der Waals surface area contributed by atoms with Crippen molar-refractivity contribution < 1.29 is 14.1 Å². The molecule has 0 aromatic carbocycles. The lowest BCUT2D eigenvalue weighted by molar-refractivity contribution is -0.532. The molecule has 10 rings (SSSR count). The number of carbonyl (C=O) groups is 1. The van der Waals surface area contributed by atoms with Crippen molar-refractivity contribution >= 4 is 63.1 Å². The summed E-state index contributed by atoms with van der Waals surface area (Å²) in [4.78, 5) is 62.2. The number of nitrogens with one attached hydrogen (secondary N) is 3. The second-order valence-corrected chi connectivity index (χ2v) is 16.2. The number of aliphatic hydroxyl groups is 1. The van der Waals surface area contributed by atoms with Crippen molar-refractivity contribution in [1.82, 2.24) is 48.1 Å². The molecule has 1 aliphatic heterocycles. The topological polar surface area (TPSA) is 202 Å². The Labute approximate surface area is 390 Å². The molecule has 0 spiro atoms. The lowest BCUT2D eigenvalue weighted by atomic mass is 10.3. The molecule has 10 heterocycles. The van der Waals surface area contributed by atoms with Crippen molar-refractivity contribution in [3.63, 3.8) is 0 Å². The van der Waals surface area contributed by atoms with E-state index in [1.165, 1.54) is 23.9 Å². The van der Waals surface area contributed by atoms with Crippen LogP contribution < -0.4 is 20.8 Å². The summed E-state index contributed by atoms with van der Waals surface area (Å²) in [6.07, 6.45) is 8.56. The molecule has 0 saturated carbocycles. The maximum Gasteiger partial charge on any atom is 0.328 e. The van der Waals surface area contributed by atoms with Gasteiger partial charge in [-0.15, -0.1) is 0 Å². The number of aryl methyl sites for hydroxylation is 5. The number of imidazole rings is 3. The van der Waals surface area contributed by atoms with Crippen molar-refractivity contribution in [3.05, 3.63) is 204 Å². The van der Waals surface area contributed by atoms with Gasteiger partial charge >= 0.3 is 5.49 Å². The average molecular weight is 975 g/mol. The number of aromatic nitrogens is 11. The largest absolute Gasteiger partial charge is 0.390 e. The maximum atomic E-state index is 11.4. The molecule has 0 atom stereocenters. The summed E-state index contributed by atoms with van der Waals surface area (Å²) in [7, 11) is 0. The van der Waals surface area contributed by atoms with Gasteiger partial charge in [-0.1, -0.05) is 52.0 Å². The number of aromatic amines is 3. The smallest absolute Gasteiger partial charge is 0.328 e. The first-order chi connectivity index (χ1) is 31.3. The molecule has 0 bridgehead atoms. The van der Waals surface area contributed by atoms with Gasteiger partial charge in [0.05, 0.1) is 46.6 Å². The molecular formula is C46H46BrN12O4S2+. The van der Waals surface area contributed by atoms with E-state index in [0.717, 1.165) is 85.3 Å². The summed E-state index contributed by atoms with van der Waals surface area (Å²) < 4.78 is 8.16. The molecule has 0 fully saturated rings. The number of aliphatic hydroxyl groups excluding tert-OH is 1. The Hall–Kier alpha value is -6.93. The van der Waals surface area contributed by atoms with Gasteiger partial charge in [0.25, 0.3) is 11.1 Å². The zero-order valence-electron chi connectivity index (χ0n) is 36.2. The lowest BCUT2D eigenvalue weighted by Crippen LogP contribution is -2.36. The molecule has 0 aliphatic carbocycles. The number of pyridine rings is 4. The predicted molar refractivity (Wildman–Crippen MR) is 257 cm³/mol. The Morgan fingerprint density at radius 2 is 1.32 bits per heavy atom. The Morgan fingerprint density at radius 3 is 1.91 bits per heavy atom. The van der Waals surface area contributed by atoms with Crippen molar-refractivity contribution in [2.45, 2.75) is 52.1 Å². The first-order valence-electron chi connectivity index (χ1n) is 20.0. The van der Waals surface area contributed by atoms with E-state index < -0.39 is 0 Å². The highest BCUT2D eigenvalue weighted by molar-refractivity contribution is 9.09. The quantitative estimate of drug-likeness (QED) is 0.0354. The minimum absolute atomic E-state index is 0.0387. The van der Waals surface area contributed by atoms with Crippen LogP contribution in [0.1, 0.15) is 50.3 Å². The number of H-pyrrole nitrogens is 3. The Balaban J connectivity index is 0.000000139. The van der Waals surface area contributed by atoms with Crippen molar-refractivity contribution in [3.8, 4) is 0 Å². The third-order valence-corrected chi connectivity index (χ3v) is 11.2. The first kappa shape index (κ1) is 47.5. The van der Waals surface area contributed by atoms with Crippen LogP contribution >= 0.6 is 39.9 Å². The van der Waals surface area contributed by atoms with Crippen LogP contribution in [-0.4, -0.2) is 64.8 Å². The van der Waals surface area contributed by atoms with E-state index in [4.69, 9.17) is 5.11 Å². The van der Waals surface area contributed by atoms with Gasteiger partial charge < -0.3 is 23.9 Å². The number of allylic oxidation sites excluding steroid dienone is 1. The molecule has 1 aliphatic rings. The summed E-state index contributed by atoms with van der Waals surface area (Å²) in [6, 6.07) is 26.2. The highest BCUT2D eigenvalue weighted by Gasteiger charge is 2.19. The second kappa shape index (κ2) is 22.1. The van der Waals surface area contributed by atoms with Crippen LogP contribution in [0.25, 0.3) is 16.9 Å². The average Bonchev–Trinajstić information content (AvgIpc) is 3.99. The fourth-order valence-electron chi connectivity index (χ4n) is 6.55. The first-order valence-corrected chi connectivity index (χ1v) is 22.5. The van der Waals surface area contributed by atoms with E-state index in [2.05, 4.69) is 79.0 Å². The van der Waals surface area contributed by atoms with E-state index in [1.54, 1.807) is 11.3 Å². The molecule has 0 amide bonds. The molecule has 9 aromatic rings. The van der Waals surface area contributed by atoms with E-state index in [1.807, 2.05) is 134 Å². The SMILES string of the molecule is C=C1N=c2cccc[n+]2=C1CBr.Cc1cc(=O)[nH]c(=S)[nH]1.Cc1cc(=O)[nH]c(SCc2c(C)nc3ccccn23)n1.Cc1nc2ccccn2c1C=O.Cc1nc2ccccn2c1CO. The zero-order chi connectivity index (χ0) is 46.6. The number of halogens is 1. The Kier molecular flexibility index (Phi) is 16.2. The number of aldehydes is 1. The van der Waals surface area contributed by atoms with Crippen LogP contribution in [0.4, 0.5) is 0 Å². The highest BCUT2D eigenvalue weighted by Crippen LogP contribution is 2.22.